The van der Waals surface area contributed by atoms with Crippen molar-refractivity contribution < 1.29 is 19.1 Å². The monoisotopic (exact) mass is 518 g/mol. The van der Waals surface area contributed by atoms with Crippen LogP contribution < -0.4 is 9.47 Å². The molecule has 8 heteroatoms. The van der Waals surface area contributed by atoms with E-state index in [0.29, 0.717) is 13.1 Å². The number of likely N-dealkylation sites (tertiary alicyclic amines) is 1. The number of ether oxygens (including phenoxy) is 2. The van der Waals surface area contributed by atoms with Crippen molar-refractivity contribution in [1.29, 1.82) is 0 Å². The highest BCUT2D eigenvalue weighted by Crippen LogP contribution is 2.32. The molecule has 0 radical (unpaired) electrons. The minimum absolute atomic E-state index is 0.0272. The molecule has 38 heavy (non-hydrogen) atoms. The topological polar surface area (TPSA) is 78.1 Å². The zero-order chi connectivity index (χ0) is 26.8. The normalized spacial score (nSPS) is 17.2. The first kappa shape index (κ1) is 26.1. The van der Waals surface area contributed by atoms with Crippen LogP contribution in [-0.2, 0) is 11.3 Å². The highest BCUT2D eigenvalue weighted by molar-refractivity contribution is 5.99. The number of aromatic amines is 1. The first-order valence-electron chi connectivity index (χ1n) is 13.5. The molecule has 0 unspecified atom stereocenters. The lowest BCUT2D eigenvalue weighted by Crippen LogP contribution is -2.47. The van der Waals surface area contributed by atoms with Gasteiger partial charge in [0.2, 0.25) is 5.91 Å². The molecule has 1 N–H and O–H groups in total. The van der Waals surface area contributed by atoms with Gasteiger partial charge in [-0.1, -0.05) is 6.07 Å². The second-order valence-electron chi connectivity index (χ2n) is 10.5. The first-order chi connectivity index (χ1) is 18.3. The Labute approximate surface area is 224 Å². The molecule has 2 aliphatic rings. The molecule has 2 aliphatic heterocycles. The quantitative estimate of drug-likeness (QED) is 0.531. The fourth-order valence-electron chi connectivity index (χ4n) is 5.52. The Bertz CT molecular complexity index is 1320. The molecule has 0 bridgehead atoms. The molecule has 0 saturated carbocycles. The van der Waals surface area contributed by atoms with Crippen LogP contribution in [0.1, 0.15) is 46.9 Å². The van der Waals surface area contributed by atoms with Gasteiger partial charge in [0.05, 0.1) is 7.11 Å². The molecule has 3 heterocycles. The number of nitrogens with one attached hydrogen (secondary N) is 1. The highest BCUT2D eigenvalue weighted by Gasteiger charge is 2.26. The molecule has 202 valence electrons. The second kappa shape index (κ2) is 11.1. The van der Waals surface area contributed by atoms with Gasteiger partial charge in [-0.25, -0.2) is 0 Å². The van der Waals surface area contributed by atoms with Gasteiger partial charge in [0.25, 0.3) is 5.91 Å². The van der Waals surface area contributed by atoms with E-state index in [1.54, 1.807) is 14.0 Å². The predicted molar refractivity (Wildman–Crippen MR) is 148 cm³/mol. The summed E-state index contributed by atoms with van der Waals surface area (Å²) >= 11 is 0. The number of benzene rings is 2. The predicted octanol–water partition coefficient (Wildman–Crippen LogP) is 4.14. The van der Waals surface area contributed by atoms with Crippen molar-refractivity contribution >= 4 is 22.7 Å². The third-order valence-corrected chi connectivity index (χ3v) is 8.03. The van der Waals surface area contributed by atoms with Crippen LogP contribution in [0.15, 0.2) is 36.4 Å². The van der Waals surface area contributed by atoms with Crippen molar-refractivity contribution in [2.24, 2.45) is 0 Å². The van der Waals surface area contributed by atoms with Gasteiger partial charge in [-0.2, -0.15) is 0 Å². The van der Waals surface area contributed by atoms with Crippen molar-refractivity contribution in [3.05, 3.63) is 58.8 Å². The van der Waals surface area contributed by atoms with E-state index in [0.717, 1.165) is 84.8 Å². The van der Waals surface area contributed by atoms with Gasteiger partial charge in [-0.3, -0.25) is 14.5 Å². The number of amides is 2. The number of aryl methyl sites for hydroxylation is 2. The third-order valence-electron chi connectivity index (χ3n) is 8.03. The lowest BCUT2D eigenvalue weighted by Gasteiger charge is -2.34. The standard InChI is InChI=1S/C30H38N4O4/c1-20-21(2)31-27-7-6-24(18-26(20)27)30(36)34-11-9-25(10-12-34)38-29-17-23(5-8-28(29)37-4)19-32-13-15-33(16-14-32)22(3)35/h5-8,17-18,25,31H,9-16,19H2,1-4H3. The van der Waals surface area contributed by atoms with Gasteiger partial charge in [0.1, 0.15) is 6.10 Å². The molecule has 5 rings (SSSR count). The Hall–Kier alpha value is -3.52. The summed E-state index contributed by atoms with van der Waals surface area (Å²) < 4.78 is 12.0. The smallest absolute Gasteiger partial charge is 0.253 e. The Morgan fingerprint density at radius 2 is 1.66 bits per heavy atom. The zero-order valence-electron chi connectivity index (χ0n) is 22.9. The molecule has 3 aromatic rings. The maximum absolute atomic E-state index is 13.2. The number of nitrogens with zero attached hydrogens (tertiary/aromatic N) is 3. The van der Waals surface area contributed by atoms with Crippen LogP contribution in [0.3, 0.4) is 0 Å². The van der Waals surface area contributed by atoms with Crippen molar-refractivity contribution in [3.8, 4) is 11.5 Å². The van der Waals surface area contributed by atoms with Gasteiger partial charge < -0.3 is 24.3 Å². The maximum atomic E-state index is 13.2. The van der Waals surface area contributed by atoms with Crippen molar-refractivity contribution in [2.75, 3.05) is 46.4 Å². The Kier molecular flexibility index (Phi) is 7.61. The van der Waals surface area contributed by atoms with E-state index in [9.17, 15) is 9.59 Å². The summed E-state index contributed by atoms with van der Waals surface area (Å²) in [5.74, 6) is 1.69. The number of fused-ring (bicyclic) bond motifs is 1. The Morgan fingerprint density at radius 3 is 2.34 bits per heavy atom. The van der Waals surface area contributed by atoms with Gasteiger partial charge in [0.15, 0.2) is 11.5 Å². The van der Waals surface area contributed by atoms with Crippen LogP contribution in [0.2, 0.25) is 0 Å². The number of methoxy groups -OCH3 is 1. The summed E-state index contributed by atoms with van der Waals surface area (Å²) in [5.41, 5.74) is 5.29. The number of piperazine rings is 1. The van der Waals surface area contributed by atoms with E-state index < -0.39 is 0 Å². The lowest BCUT2D eigenvalue weighted by molar-refractivity contribution is -0.130. The van der Waals surface area contributed by atoms with E-state index in [2.05, 4.69) is 35.9 Å². The van der Waals surface area contributed by atoms with E-state index in [1.165, 1.54) is 5.56 Å². The number of H-pyrrole nitrogens is 1. The number of hydrogen-bond donors (Lipinski definition) is 1. The lowest BCUT2D eigenvalue weighted by atomic mass is 10.0. The molecule has 1 aromatic heterocycles. The van der Waals surface area contributed by atoms with Gasteiger partial charge in [0, 0.05) is 87.7 Å². The SMILES string of the molecule is COc1ccc(CN2CCN(C(C)=O)CC2)cc1OC1CCN(C(=O)c2ccc3[nH]c(C)c(C)c3c2)CC1. The fraction of sp³-hybridized carbons (Fsp3) is 0.467. The third kappa shape index (κ3) is 5.50. The molecule has 2 fully saturated rings. The molecule has 2 amide bonds. The summed E-state index contributed by atoms with van der Waals surface area (Å²) in [5, 5.41) is 1.11. The van der Waals surface area contributed by atoms with Crippen LogP contribution in [0.4, 0.5) is 0 Å². The van der Waals surface area contributed by atoms with Crippen molar-refractivity contribution in [2.45, 2.75) is 46.3 Å². The van der Waals surface area contributed by atoms with Crippen LogP contribution in [0, 0.1) is 13.8 Å². The molecular formula is C30H38N4O4. The maximum Gasteiger partial charge on any atom is 0.253 e. The largest absolute Gasteiger partial charge is 0.493 e. The molecule has 2 saturated heterocycles. The summed E-state index contributed by atoms with van der Waals surface area (Å²) in [7, 11) is 1.66. The van der Waals surface area contributed by atoms with Crippen molar-refractivity contribution in [3.63, 3.8) is 0 Å². The van der Waals surface area contributed by atoms with Crippen LogP contribution >= 0.6 is 0 Å². The van der Waals surface area contributed by atoms with Gasteiger partial charge in [-0.05, 0) is 55.3 Å². The number of aromatic nitrogens is 1. The molecular weight excluding hydrogens is 480 g/mol. The van der Waals surface area contributed by atoms with Gasteiger partial charge >= 0.3 is 0 Å². The van der Waals surface area contributed by atoms with Gasteiger partial charge in [-0.15, -0.1) is 0 Å². The summed E-state index contributed by atoms with van der Waals surface area (Å²) in [6.07, 6.45) is 1.58. The van der Waals surface area contributed by atoms with E-state index in [4.69, 9.17) is 9.47 Å². The Morgan fingerprint density at radius 1 is 0.921 bits per heavy atom. The number of carbonyl (C=O) groups is 2. The second-order valence-corrected chi connectivity index (χ2v) is 10.5. The number of piperidine rings is 1. The first-order valence-corrected chi connectivity index (χ1v) is 13.5. The summed E-state index contributed by atoms with van der Waals surface area (Å²) in [6, 6.07) is 12.0. The Balaban J connectivity index is 1.19. The van der Waals surface area contributed by atoms with Crippen LogP contribution in [0.25, 0.3) is 10.9 Å². The number of hydrogen-bond acceptors (Lipinski definition) is 5. The fourth-order valence-corrected chi connectivity index (χ4v) is 5.52. The molecule has 0 spiro atoms. The molecule has 2 aromatic carbocycles. The number of rotatable bonds is 6. The molecule has 0 aliphatic carbocycles. The minimum atomic E-state index is 0.0272. The molecule has 8 nitrogen and oxygen atoms in total. The van der Waals surface area contributed by atoms with Crippen molar-refractivity contribution in [1.82, 2.24) is 19.7 Å². The summed E-state index contributed by atoms with van der Waals surface area (Å²) in [4.78, 5) is 34.4. The summed E-state index contributed by atoms with van der Waals surface area (Å²) in [6.45, 7) is 11.2. The van der Waals surface area contributed by atoms with Crippen LogP contribution in [0.5, 0.6) is 11.5 Å². The highest BCUT2D eigenvalue weighted by atomic mass is 16.5. The average Bonchev–Trinajstić information content (AvgIpc) is 3.21. The average molecular weight is 519 g/mol. The molecule has 0 atom stereocenters. The van der Waals surface area contributed by atoms with E-state index in [1.807, 2.05) is 34.1 Å². The van der Waals surface area contributed by atoms with E-state index in [-0.39, 0.29) is 17.9 Å². The van der Waals surface area contributed by atoms with Crippen LogP contribution in [-0.4, -0.2) is 84.0 Å². The minimum Gasteiger partial charge on any atom is -0.493 e. The zero-order valence-corrected chi connectivity index (χ0v) is 22.9. The van der Waals surface area contributed by atoms with E-state index >= 15 is 0 Å². The number of carbonyl (C=O) groups excluding carboxylic acids is 2.